The zero-order valence-corrected chi connectivity index (χ0v) is 8.73. The van der Waals surface area contributed by atoms with Crippen LogP contribution in [0.3, 0.4) is 0 Å². The number of nitrogens with one attached hydrogen (secondary N) is 1. The summed E-state index contributed by atoms with van der Waals surface area (Å²) in [6.45, 7) is 5.48. The lowest BCUT2D eigenvalue weighted by Crippen LogP contribution is -2.47. The predicted molar refractivity (Wildman–Crippen MR) is 52.5 cm³/mol. The molecule has 0 radical (unpaired) electrons. The van der Waals surface area contributed by atoms with E-state index >= 15 is 0 Å². The highest BCUT2D eigenvalue weighted by Gasteiger charge is 2.17. The van der Waals surface area contributed by atoms with E-state index in [0.29, 0.717) is 19.8 Å². The van der Waals surface area contributed by atoms with Crippen LogP contribution in [0.25, 0.3) is 0 Å². The Balaban J connectivity index is 2.25. The van der Waals surface area contributed by atoms with Crippen LogP contribution in [0.1, 0.15) is 6.92 Å². The number of hydrogen-bond acceptors (Lipinski definition) is 4. The topological polar surface area (TPSA) is 78.9 Å². The minimum absolute atomic E-state index is 0.160. The Morgan fingerprint density at radius 3 is 2.60 bits per heavy atom. The lowest BCUT2D eigenvalue weighted by Gasteiger charge is -2.29. The van der Waals surface area contributed by atoms with Gasteiger partial charge >= 0.3 is 11.9 Å². The maximum absolute atomic E-state index is 10.8. The monoisotopic (exact) mass is 216 g/mol. The fourth-order valence-corrected chi connectivity index (χ4v) is 1.50. The van der Waals surface area contributed by atoms with E-state index in [0.717, 1.165) is 13.1 Å². The molecule has 6 heteroatoms. The largest absolute Gasteiger partial charge is 0.474 e. The third kappa shape index (κ3) is 4.26. The van der Waals surface area contributed by atoms with Gasteiger partial charge in [0.1, 0.15) is 0 Å². The second-order valence-electron chi connectivity index (χ2n) is 3.59. The smallest absolute Gasteiger partial charge is 0.394 e. The van der Waals surface area contributed by atoms with Crippen LogP contribution in [0.2, 0.25) is 0 Å². The van der Waals surface area contributed by atoms with Crippen LogP contribution in [0.4, 0.5) is 0 Å². The van der Waals surface area contributed by atoms with Gasteiger partial charge in [0.05, 0.1) is 13.2 Å². The average molecular weight is 216 g/mol. The zero-order chi connectivity index (χ0) is 11.3. The number of carboxylic acids is 1. The molecule has 0 aromatic rings. The van der Waals surface area contributed by atoms with E-state index in [4.69, 9.17) is 9.84 Å². The molecule has 1 saturated heterocycles. The van der Waals surface area contributed by atoms with Crippen molar-refractivity contribution in [3.63, 3.8) is 0 Å². The van der Waals surface area contributed by atoms with Gasteiger partial charge in [-0.3, -0.25) is 9.69 Å². The van der Waals surface area contributed by atoms with E-state index in [-0.39, 0.29) is 6.04 Å². The van der Waals surface area contributed by atoms with Gasteiger partial charge < -0.3 is 15.2 Å². The number of carbonyl (C=O) groups is 2. The number of nitrogens with zero attached hydrogens (tertiary/aromatic N) is 1. The Morgan fingerprint density at radius 1 is 1.47 bits per heavy atom. The van der Waals surface area contributed by atoms with E-state index in [2.05, 4.69) is 10.2 Å². The third-order valence-corrected chi connectivity index (χ3v) is 2.21. The van der Waals surface area contributed by atoms with Gasteiger partial charge in [-0.05, 0) is 6.92 Å². The fraction of sp³-hybridized carbons (Fsp3) is 0.778. The SMILES string of the molecule is CC(CN1CCOCC1)NC(=O)C(=O)O. The summed E-state index contributed by atoms with van der Waals surface area (Å²) in [5.74, 6) is -2.39. The molecule has 6 nitrogen and oxygen atoms in total. The number of aliphatic carboxylic acids is 1. The number of carbonyl (C=O) groups excluding carboxylic acids is 1. The van der Waals surface area contributed by atoms with Gasteiger partial charge in [-0.25, -0.2) is 4.79 Å². The lowest BCUT2D eigenvalue weighted by molar-refractivity contribution is -0.150. The maximum atomic E-state index is 10.8. The molecule has 0 aromatic heterocycles. The minimum Gasteiger partial charge on any atom is -0.474 e. The van der Waals surface area contributed by atoms with Gasteiger partial charge in [0.2, 0.25) is 0 Å². The Kier molecular flexibility index (Phi) is 4.51. The van der Waals surface area contributed by atoms with Gasteiger partial charge in [0, 0.05) is 25.7 Å². The Labute approximate surface area is 88.2 Å². The van der Waals surface area contributed by atoms with Gasteiger partial charge in [-0.1, -0.05) is 0 Å². The molecule has 1 unspecified atom stereocenters. The number of carboxylic acid groups (broad SMARTS) is 1. The van der Waals surface area contributed by atoms with Crippen LogP contribution in [0, 0.1) is 0 Å². The molecule has 86 valence electrons. The van der Waals surface area contributed by atoms with Gasteiger partial charge in [-0.15, -0.1) is 0 Å². The van der Waals surface area contributed by atoms with Crippen LogP contribution >= 0.6 is 0 Å². The van der Waals surface area contributed by atoms with Crippen molar-refractivity contribution in [1.29, 1.82) is 0 Å². The summed E-state index contributed by atoms with van der Waals surface area (Å²) in [6.07, 6.45) is 0. The van der Waals surface area contributed by atoms with E-state index < -0.39 is 11.9 Å². The summed E-state index contributed by atoms with van der Waals surface area (Å²) in [7, 11) is 0. The van der Waals surface area contributed by atoms with Crippen LogP contribution < -0.4 is 5.32 Å². The molecular formula is C9H16N2O4. The first kappa shape index (κ1) is 11.9. The second-order valence-corrected chi connectivity index (χ2v) is 3.59. The first-order chi connectivity index (χ1) is 7.09. The molecule has 0 saturated carbocycles. The predicted octanol–water partition coefficient (Wildman–Crippen LogP) is -1.09. The molecule has 0 aromatic carbocycles. The summed E-state index contributed by atoms with van der Waals surface area (Å²) in [6, 6.07) is -0.160. The van der Waals surface area contributed by atoms with Gasteiger partial charge in [0.25, 0.3) is 0 Å². The molecule has 1 atom stereocenters. The van der Waals surface area contributed by atoms with E-state index in [1.54, 1.807) is 6.92 Å². The number of morpholine rings is 1. The molecule has 2 N–H and O–H groups in total. The van der Waals surface area contributed by atoms with E-state index in [9.17, 15) is 9.59 Å². The van der Waals surface area contributed by atoms with Crippen LogP contribution in [0.15, 0.2) is 0 Å². The van der Waals surface area contributed by atoms with Crippen molar-refractivity contribution in [2.75, 3.05) is 32.8 Å². The molecule has 1 fully saturated rings. The van der Waals surface area contributed by atoms with Crippen molar-refractivity contribution in [2.24, 2.45) is 0 Å². The molecule has 0 spiro atoms. The highest BCUT2D eigenvalue weighted by atomic mass is 16.5. The number of amides is 1. The van der Waals surface area contributed by atoms with Crippen molar-refractivity contribution in [1.82, 2.24) is 10.2 Å². The maximum Gasteiger partial charge on any atom is 0.394 e. The zero-order valence-electron chi connectivity index (χ0n) is 8.73. The van der Waals surface area contributed by atoms with E-state index in [1.807, 2.05) is 0 Å². The first-order valence-electron chi connectivity index (χ1n) is 4.93. The average Bonchev–Trinajstić information content (AvgIpc) is 2.18. The standard InChI is InChI=1S/C9H16N2O4/c1-7(10-8(12)9(13)14)6-11-2-4-15-5-3-11/h7H,2-6H2,1H3,(H,10,12)(H,13,14). The third-order valence-electron chi connectivity index (χ3n) is 2.21. The van der Waals surface area contributed by atoms with Gasteiger partial charge in [-0.2, -0.15) is 0 Å². The number of ether oxygens (including phenoxy) is 1. The first-order valence-corrected chi connectivity index (χ1v) is 4.93. The quantitative estimate of drug-likeness (QED) is 0.586. The van der Waals surface area contributed by atoms with Crippen LogP contribution in [0.5, 0.6) is 0 Å². The highest BCUT2D eigenvalue weighted by Crippen LogP contribution is 1.98. The normalized spacial score (nSPS) is 19.5. The molecule has 0 aliphatic carbocycles. The van der Waals surface area contributed by atoms with E-state index in [1.165, 1.54) is 0 Å². The Hall–Kier alpha value is -1.14. The van der Waals surface area contributed by atoms with Crippen molar-refractivity contribution in [2.45, 2.75) is 13.0 Å². The Morgan fingerprint density at radius 2 is 2.07 bits per heavy atom. The van der Waals surface area contributed by atoms with Crippen LogP contribution in [-0.4, -0.2) is 60.8 Å². The number of hydrogen-bond donors (Lipinski definition) is 2. The highest BCUT2D eigenvalue weighted by molar-refractivity contribution is 6.31. The van der Waals surface area contributed by atoms with Crippen LogP contribution in [-0.2, 0) is 14.3 Å². The summed E-state index contributed by atoms with van der Waals surface area (Å²) < 4.78 is 5.18. The van der Waals surface area contributed by atoms with Crippen molar-refractivity contribution in [3.05, 3.63) is 0 Å². The molecule has 1 aliphatic heterocycles. The molecule has 15 heavy (non-hydrogen) atoms. The molecule has 0 bridgehead atoms. The molecule has 1 heterocycles. The summed E-state index contributed by atoms with van der Waals surface area (Å²) >= 11 is 0. The summed E-state index contributed by atoms with van der Waals surface area (Å²) in [4.78, 5) is 23.3. The Bertz CT molecular complexity index is 238. The fourth-order valence-electron chi connectivity index (χ4n) is 1.50. The van der Waals surface area contributed by atoms with Crippen molar-refractivity contribution in [3.8, 4) is 0 Å². The second kappa shape index (κ2) is 5.67. The van der Waals surface area contributed by atoms with Gasteiger partial charge in [0.15, 0.2) is 0 Å². The lowest BCUT2D eigenvalue weighted by atomic mass is 10.3. The minimum atomic E-state index is -1.44. The van der Waals surface area contributed by atoms with Crippen molar-refractivity contribution < 1.29 is 19.4 Å². The number of rotatable bonds is 3. The molecular weight excluding hydrogens is 200 g/mol. The molecule has 1 rings (SSSR count). The molecule has 1 aliphatic rings. The summed E-state index contributed by atoms with van der Waals surface area (Å²) in [5, 5.41) is 10.8. The molecule has 1 amide bonds. The van der Waals surface area contributed by atoms with Crippen molar-refractivity contribution >= 4 is 11.9 Å². The summed E-state index contributed by atoms with van der Waals surface area (Å²) in [5.41, 5.74) is 0.